The normalized spacial score (nSPS) is 11.7. The molecule has 0 unspecified atom stereocenters. The number of hydrogen-bond acceptors (Lipinski definition) is 3. The van der Waals surface area contributed by atoms with Gasteiger partial charge < -0.3 is 10.4 Å². The summed E-state index contributed by atoms with van der Waals surface area (Å²) in [6, 6.07) is 9.34. The third-order valence-electron chi connectivity index (χ3n) is 3.11. The molecule has 0 radical (unpaired) electrons. The summed E-state index contributed by atoms with van der Waals surface area (Å²) in [5.41, 5.74) is 0.914. The average Bonchev–Trinajstić information content (AvgIpc) is 2.88. The fourth-order valence-corrected chi connectivity index (χ4v) is 3.00. The smallest absolute Gasteiger partial charge is 0.120 e. The molecule has 0 atom stereocenters. The Bertz CT molecular complexity index is 537. The van der Waals surface area contributed by atoms with Crippen molar-refractivity contribution >= 4 is 22.9 Å². The van der Waals surface area contributed by atoms with Crippen LogP contribution in [0.4, 0.5) is 0 Å². The van der Waals surface area contributed by atoms with Gasteiger partial charge in [0.2, 0.25) is 0 Å². The number of phenolic OH excluding ortho intramolecular Hbond substituents is 1. The van der Waals surface area contributed by atoms with Gasteiger partial charge in [-0.05, 0) is 29.6 Å². The van der Waals surface area contributed by atoms with Gasteiger partial charge in [-0.3, -0.25) is 0 Å². The number of nitrogens with one attached hydrogen (secondary N) is 1. The van der Waals surface area contributed by atoms with Crippen molar-refractivity contribution in [3.8, 4) is 5.75 Å². The molecule has 102 valence electrons. The van der Waals surface area contributed by atoms with Crippen LogP contribution >= 0.6 is 22.9 Å². The maximum absolute atomic E-state index is 9.75. The highest BCUT2D eigenvalue weighted by atomic mass is 35.5. The molecule has 1 aromatic heterocycles. The Morgan fingerprint density at radius 1 is 1.32 bits per heavy atom. The zero-order valence-electron chi connectivity index (χ0n) is 11.1. The van der Waals surface area contributed by atoms with E-state index >= 15 is 0 Å². The molecule has 2 N–H and O–H groups in total. The molecule has 0 aliphatic heterocycles. The Labute approximate surface area is 123 Å². The lowest BCUT2D eigenvalue weighted by atomic mass is 9.91. The predicted molar refractivity (Wildman–Crippen MR) is 82.2 cm³/mol. The molecule has 0 aliphatic rings. The van der Waals surface area contributed by atoms with Crippen LogP contribution in [0.15, 0.2) is 35.7 Å². The maximum atomic E-state index is 9.75. The third-order valence-corrected chi connectivity index (χ3v) is 4.58. The van der Waals surface area contributed by atoms with E-state index in [9.17, 15) is 5.11 Å². The number of hydrogen-bond donors (Lipinski definition) is 2. The van der Waals surface area contributed by atoms with Crippen LogP contribution in [0, 0.1) is 0 Å². The highest BCUT2D eigenvalue weighted by molar-refractivity contribution is 7.10. The number of thiophene rings is 1. The van der Waals surface area contributed by atoms with Crippen molar-refractivity contribution in [2.24, 2.45) is 0 Å². The number of phenols is 1. The first-order valence-electron chi connectivity index (χ1n) is 6.21. The monoisotopic (exact) mass is 295 g/mol. The van der Waals surface area contributed by atoms with Crippen LogP contribution in [0.1, 0.15) is 24.3 Å². The van der Waals surface area contributed by atoms with E-state index in [1.807, 2.05) is 0 Å². The molecule has 0 spiro atoms. The molecule has 0 aliphatic carbocycles. The van der Waals surface area contributed by atoms with Crippen LogP contribution in [-0.2, 0) is 12.0 Å². The molecular weight excluding hydrogens is 278 g/mol. The van der Waals surface area contributed by atoms with Crippen LogP contribution in [0.3, 0.4) is 0 Å². The zero-order valence-corrected chi connectivity index (χ0v) is 12.7. The van der Waals surface area contributed by atoms with Gasteiger partial charge in [0.1, 0.15) is 5.75 Å². The Hall–Kier alpha value is -1.03. The fraction of sp³-hybridized carbons (Fsp3) is 0.333. The van der Waals surface area contributed by atoms with Crippen LogP contribution in [-0.4, -0.2) is 11.7 Å². The fourth-order valence-electron chi connectivity index (χ4n) is 1.96. The molecule has 0 bridgehead atoms. The van der Waals surface area contributed by atoms with Crippen molar-refractivity contribution in [1.29, 1.82) is 0 Å². The van der Waals surface area contributed by atoms with Crippen LogP contribution in [0.5, 0.6) is 5.75 Å². The molecule has 19 heavy (non-hydrogen) atoms. The minimum Gasteiger partial charge on any atom is -0.508 e. The van der Waals surface area contributed by atoms with E-state index < -0.39 is 0 Å². The first kappa shape index (κ1) is 14.4. The van der Waals surface area contributed by atoms with Crippen molar-refractivity contribution in [3.05, 3.63) is 51.2 Å². The Kier molecular flexibility index (Phi) is 4.50. The average molecular weight is 296 g/mol. The van der Waals surface area contributed by atoms with E-state index in [0.717, 1.165) is 12.1 Å². The van der Waals surface area contributed by atoms with Gasteiger partial charge in [-0.15, -0.1) is 11.3 Å². The van der Waals surface area contributed by atoms with Gasteiger partial charge in [-0.1, -0.05) is 31.5 Å². The molecule has 1 aromatic carbocycles. The highest BCUT2D eigenvalue weighted by Crippen LogP contribution is 2.27. The summed E-state index contributed by atoms with van der Waals surface area (Å²) >= 11 is 7.70. The van der Waals surface area contributed by atoms with Gasteiger partial charge in [0.25, 0.3) is 0 Å². The number of rotatable bonds is 5. The van der Waals surface area contributed by atoms with Gasteiger partial charge in [0.05, 0.1) is 0 Å². The Balaban J connectivity index is 1.95. The van der Waals surface area contributed by atoms with Gasteiger partial charge in [-0.25, -0.2) is 0 Å². The van der Waals surface area contributed by atoms with Crippen LogP contribution in [0.2, 0.25) is 5.02 Å². The van der Waals surface area contributed by atoms with Crippen molar-refractivity contribution in [2.45, 2.75) is 25.8 Å². The second-order valence-corrected chi connectivity index (χ2v) is 6.62. The van der Waals surface area contributed by atoms with E-state index in [1.165, 1.54) is 4.88 Å². The standard InChI is InChI=1S/C15H18ClNOS/c1-15(2,14-4-3-7-19-14)10-17-9-11-8-12(16)5-6-13(11)18/h3-8,17-18H,9-10H2,1-2H3. The minimum absolute atomic E-state index is 0.0857. The van der Waals surface area contributed by atoms with Crippen molar-refractivity contribution in [3.63, 3.8) is 0 Å². The van der Waals surface area contributed by atoms with E-state index in [0.29, 0.717) is 11.6 Å². The summed E-state index contributed by atoms with van der Waals surface area (Å²) in [6.45, 7) is 5.88. The lowest BCUT2D eigenvalue weighted by Crippen LogP contribution is -2.31. The van der Waals surface area contributed by atoms with Gasteiger partial charge in [-0.2, -0.15) is 0 Å². The van der Waals surface area contributed by atoms with Crippen molar-refractivity contribution < 1.29 is 5.11 Å². The first-order chi connectivity index (χ1) is 8.99. The van der Waals surface area contributed by atoms with Gasteiger partial charge >= 0.3 is 0 Å². The Morgan fingerprint density at radius 2 is 2.11 bits per heavy atom. The zero-order chi connectivity index (χ0) is 13.9. The second kappa shape index (κ2) is 5.95. The molecule has 2 rings (SSSR count). The summed E-state index contributed by atoms with van der Waals surface area (Å²) in [7, 11) is 0. The van der Waals surface area contributed by atoms with E-state index in [2.05, 4.69) is 36.7 Å². The second-order valence-electron chi connectivity index (χ2n) is 5.24. The third kappa shape index (κ3) is 3.72. The molecular formula is C15H18ClNOS. The lowest BCUT2D eigenvalue weighted by Gasteiger charge is -2.24. The van der Waals surface area contributed by atoms with E-state index in [4.69, 9.17) is 11.6 Å². The van der Waals surface area contributed by atoms with E-state index in [1.54, 1.807) is 29.5 Å². The van der Waals surface area contributed by atoms with E-state index in [-0.39, 0.29) is 11.2 Å². The number of aromatic hydroxyl groups is 1. The largest absolute Gasteiger partial charge is 0.508 e. The Morgan fingerprint density at radius 3 is 2.79 bits per heavy atom. The summed E-state index contributed by atoms with van der Waals surface area (Å²) in [5, 5.41) is 15.9. The molecule has 1 heterocycles. The molecule has 0 saturated heterocycles. The van der Waals surface area contributed by atoms with Crippen molar-refractivity contribution in [2.75, 3.05) is 6.54 Å². The van der Waals surface area contributed by atoms with Crippen LogP contribution < -0.4 is 5.32 Å². The topological polar surface area (TPSA) is 32.3 Å². The van der Waals surface area contributed by atoms with Crippen molar-refractivity contribution in [1.82, 2.24) is 5.32 Å². The van der Waals surface area contributed by atoms with Gasteiger partial charge in [0.15, 0.2) is 0 Å². The predicted octanol–water partition coefficient (Wildman–Crippen LogP) is 4.17. The summed E-state index contributed by atoms with van der Waals surface area (Å²) in [4.78, 5) is 1.36. The molecule has 0 fully saturated rings. The molecule has 2 aromatic rings. The molecule has 0 amide bonds. The minimum atomic E-state index is 0.0857. The molecule has 0 saturated carbocycles. The number of benzene rings is 1. The SMILES string of the molecule is CC(C)(CNCc1cc(Cl)ccc1O)c1cccs1. The molecule has 2 nitrogen and oxygen atoms in total. The van der Waals surface area contributed by atoms with Gasteiger partial charge in [0, 0.05) is 34.0 Å². The number of halogens is 1. The first-order valence-corrected chi connectivity index (χ1v) is 7.47. The maximum Gasteiger partial charge on any atom is 0.120 e. The summed E-state index contributed by atoms with van der Waals surface area (Å²) < 4.78 is 0. The summed E-state index contributed by atoms with van der Waals surface area (Å²) in [6.07, 6.45) is 0. The quantitative estimate of drug-likeness (QED) is 0.867. The summed E-state index contributed by atoms with van der Waals surface area (Å²) in [5.74, 6) is 0.283. The molecule has 4 heteroatoms. The lowest BCUT2D eigenvalue weighted by molar-refractivity contribution is 0.449. The highest BCUT2D eigenvalue weighted by Gasteiger charge is 2.21. The van der Waals surface area contributed by atoms with Crippen LogP contribution in [0.25, 0.3) is 0 Å².